The quantitative estimate of drug-likeness (QED) is 0.436. The van der Waals surface area contributed by atoms with Crippen molar-refractivity contribution in [3.05, 3.63) is 18.5 Å². The Balaban J connectivity index is 2.93. The number of oxazole rings is 1. The molecule has 0 atom stereocenters. The van der Waals surface area contributed by atoms with Gasteiger partial charge < -0.3 is 15.3 Å². The average Bonchev–Trinajstić information content (AvgIpc) is 2.45. The first-order valence-electron chi connectivity index (χ1n) is 3.09. The Morgan fingerprint density at radius 2 is 2.27 bits per heavy atom. The standard InChI is InChI=1S/C7H6N2O2/c8-6-5(10)2-1-4-7(6)11-3-9-4/h1-3,10H,8H2. The lowest BCUT2D eigenvalue weighted by Gasteiger charge is -1.95. The van der Waals surface area contributed by atoms with E-state index in [9.17, 15) is 0 Å². The van der Waals surface area contributed by atoms with E-state index < -0.39 is 0 Å². The fourth-order valence-corrected chi connectivity index (χ4v) is 0.939. The van der Waals surface area contributed by atoms with E-state index in [1.54, 1.807) is 6.07 Å². The number of aromatic hydroxyl groups is 1. The van der Waals surface area contributed by atoms with Gasteiger partial charge in [0.15, 0.2) is 12.0 Å². The van der Waals surface area contributed by atoms with E-state index in [1.807, 2.05) is 0 Å². The van der Waals surface area contributed by atoms with Gasteiger partial charge >= 0.3 is 0 Å². The molecule has 0 aliphatic carbocycles. The number of nitrogen functional groups attached to an aromatic ring is 1. The third kappa shape index (κ3) is 0.724. The Labute approximate surface area is 62.3 Å². The van der Waals surface area contributed by atoms with Gasteiger partial charge in [0.2, 0.25) is 0 Å². The normalized spacial score (nSPS) is 10.5. The lowest BCUT2D eigenvalue weighted by molar-refractivity contribution is 0.477. The van der Waals surface area contributed by atoms with Crippen molar-refractivity contribution in [1.82, 2.24) is 4.98 Å². The first-order valence-corrected chi connectivity index (χ1v) is 3.09. The first-order chi connectivity index (χ1) is 5.29. The summed E-state index contributed by atoms with van der Waals surface area (Å²) in [4.78, 5) is 3.86. The van der Waals surface area contributed by atoms with Crippen LogP contribution >= 0.6 is 0 Å². The Morgan fingerprint density at radius 3 is 3.09 bits per heavy atom. The molecule has 56 valence electrons. The number of nitrogens with two attached hydrogens (primary N) is 1. The van der Waals surface area contributed by atoms with Gasteiger partial charge in [-0.3, -0.25) is 0 Å². The molecule has 0 amide bonds. The highest BCUT2D eigenvalue weighted by atomic mass is 16.3. The van der Waals surface area contributed by atoms with Gasteiger partial charge in [-0.05, 0) is 12.1 Å². The van der Waals surface area contributed by atoms with Crippen LogP contribution in [-0.2, 0) is 0 Å². The summed E-state index contributed by atoms with van der Waals surface area (Å²) in [7, 11) is 0. The number of aromatic nitrogens is 1. The van der Waals surface area contributed by atoms with Crippen molar-refractivity contribution in [3.8, 4) is 5.75 Å². The largest absolute Gasteiger partial charge is 0.506 e. The van der Waals surface area contributed by atoms with Crippen molar-refractivity contribution in [2.24, 2.45) is 0 Å². The SMILES string of the molecule is Nc1c(O)ccc2ncoc12. The van der Waals surface area contributed by atoms with E-state index in [-0.39, 0.29) is 11.4 Å². The van der Waals surface area contributed by atoms with E-state index in [2.05, 4.69) is 4.98 Å². The van der Waals surface area contributed by atoms with Crippen molar-refractivity contribution in [1.29, 1.82) is 0 Å². The van der Waals surface area contributed by atoms with Crippen LogP contribution in [0.5, 0.6) is 5.75 Å². The van der Waals surface area contributed by atoms with E-state index in [1.165, 1.54) is 12.5 Å². The Morgan fingerprint density at radius 1 is 1.45 bits per heavy atom. The molecule has 1 aromatic heterocycles. The molecule has 11 heavy (non-hydrogen) atoms. The van der Waals surface area contributed by atoms with Gasteiger partial charge in [0.25, 0.3) is 0 Å². The fourth-order valence-electron chi connectivity index (χ4n) is 0.939. The minimum atomic E-state index is 0.0225. The summed E-state index contributed by atoms with van der Waals surface area (Å²) in [5.41, 5.74) is 6.80. The predicted molar refractivity (Wildman–Crippen MR) is 40.1 cm³/mol. The number of phenolic OH excluding ortho intramolecular Hbond substituents is 1. The van der Waals surface area contributed by atoms with Crippen LogP contribution in [0, 0.1) is 0 Å². The smallest absolute Gasteiger partial charge is 0.182 e. The maximum absolute atomic E-state index is 9.12. The average molecular weight is 150 g/mol. The summed E-state index contributed by atoms with van der Waals surface area (Å²) in [5, 5.41) is 9.12. The lowest BCUT2D eigenvalue weighted by atomic mass is 10.2. The zero-order chi connectivity index (χ0) is 7.84. The number of benzene rings is 1. The second-order valence-electron chi connectivity index (χ2n) is 2.20. The number of rotatable bonds is 0. The molecule has 0 fully saturated rings. The van der Waals surface area contributed by atoms with Crippen LogP contribution in [0.15, 0.2) is 22.9 Å². The van der Waals surface area contributed by atoms with E-state index >= 15 is 0 Å². The molecule has 0 unspecified atom stereocenters. The molecule has 0 aliphatic heterocycles. The molecule has 3 N–H and O–H groups in total. The summed E-state index contributed by atoms with van der Waals surface area (Å²) in [5.74, 6) is 0.0225. The minimum absolute atomic E-state index is 0.0225. The predicted octanol–water partition coefficient (Wildman–Crippen LogP) is 1.12. The highest BCUT2D eigenvalue weighted by Gasteiger charge is 2.05. The molecule has 0 aliphatic rings. The van der Waals surface area contributed by atoms with Gasteiger partial charge in [-0.25, -0.2) is 4.98 Å². The molecular weight excluding hydrogens is 144 g/mol. The maximum atomic E-state index is 9.12. The second-order valence-corrected chi connectivity index (χ2v) is 2.20. The number of anilines is 1. The highest BCUT2D eigenvalue weighted by Crippen LogP contribution is 2.28. The first kappa shape index (κ1) is 6.03. The van der Waals surface area contributed by atoms with Crippen molar-refractivity contribution >= 4 is 16.8 Å². The Bertz CT molecular complexity index is 394. The van der Waals surface area contributed by atoms with Gasteiger partial charge in [-0.2, -0.15) is 0 Å². The van der Waals surface area contributed by atoms with Crippen molar-refractivity contribution in [3.63, 3.8) is 0 Å². The molecular formula is C7H6N2O2. The topological polar surface area (TPSA) is 72.3 Å². The Hall–Kier alpha value is -1.71. The second kappa shape index (κ2) is 1.88. The number of fused-ring (bicyclic) bond motifs is 1. The summed E-state index contributed by atoms with van der Waals surface area (Å²) in [6.45, 7) is 0. The van der Waals surface area contributed by atoms with Crippen LogP contribution in [0.4, 0.5) is 5.69 Å². The zero-order valence-corrected chi connectivity index (χ0v) is 5.61. The van der Waals surface area contributed by atoms with Gasteiger partial charge in [-0.1, -0.05) is 0 Å². The van der Waals surface area contributed by atoms with Crippen LogP contribution in [0.3, 0.4) is 0 Å². The summed E-state index contributed by atoms with van der Waals surface area (Å²) >= 11 is 0. The summed E-state index contributed by atoms with van der Waals surface area (Å²) < 4.78 is 4.93. The zero-order valence-electron chi connectivity index (χ0n) is 5.61. The fraction of sp³-hybridized carbons (Fsp3) is 0. The van der Waals surface area contributed by atoms with E-state index in [0.29, 0.717) is 11.1 Å². The number of nitrogens with zero attached hydrogens (tertiary/aromatic N) is 1. The lowest BCUT2D eigenvalue weighted by Crippen LogP contribution is -1.85. The molecule has 4 nitrogen and oxygen atoms in total. The molecule has 2 rings (SSSR count). The highest BCUT2D eigenvalue weighted by molar-refractivity contribution is 5.88. The maximum Gasteiger partial charge on any atom is 0.182 e. The number of phenols is 1. The van der Waals surface area contributed by atoms with Crippen LogP contribution in [0.25, 0.3) is 11.1 Å². The van der Waals surface area contributed by atoms with Crippen LogP contribution in [-0.4, -0.2) is 10.1 Å². The van der Waals surface area contributed by atoms with Gasteiger partial charge in [-0.15, -0.1) is 0 Å². The van der Waals surface area contributed by atoms with E-state index in [4.69, 9.17) is 15.3 Å². The Kier molecular flexibility index (Phi) is 1.03. The molecule has 0 spiro atoms. The van der Waals surface area contributed by atoms with Crippen molar-refractivity contribution < 1.29 is 9.52 Å². The van der Waals surface area contributed by atoms with Gasteiger partial charge in [0.1, 0.15) is 17.0 Å². The van der Waals surface area contributed by atoms with Crippen molar-refractivity contribution in [2.75, 3.05) is 5.73 Å². The summed E-state index contributed by atoms with van der Waals surface area (Å²) in [6.07, 6.45) is 1.29. The van der Waals surface area contributed by atoms with Crippen molar-refractivity contribution in [2.45, 2.75) is 0 Å². The van der Waals surface area contributed by atoms with Gasteiger partial charge in [0.05, 0.1) is 0 Å². The minimum Gasteiger partial charge on any atom is -0.506 e. The van der Waals surface area contributed by atoms with E-state index in [0.717, 1.165) is 0 Å². The summed E-state index contributed by atoms with van der Waals surface area (Å²) in [6, 6.07) is 3.13. The third-order valence-corrected chi connectivity index (χ3v) is 1.51. The third-order valence-electron chi connectivity index (χ3n) is 1.51. The molecule has 1 heterocycles. The monoisotopic (exact) mass is 150 g/mol. The number of hydrogen-bond donors (Lipinski definition) is 2. The number of hydrogen-bond acceptors (Lipinski definition) is 4. The molecule has 0 saturated carbocycles. The molecule has 0 saturated heterocycles. The molecule has 2 aromatic rings. The van der Waals surface area contributed by atoms with Crippen LogP contribution in [0.1, 0.15) is 0 Å². The molecule has 1 aromatic carbocycles. The van der Waals surface area contributed by atoms with Crippen LogP contribution < -0.4 is 5.73 Å². The van der Waals surface area contributed by atoms with Crippen LogP contribution in [0.2, 0.25) is 0 Å². The molecule has 0 bridgehead atoms. The molecule has 4 heteroatoms. The molecule has 0 radical (unpaired) electrons. The van der Waals surface area contributed by atoms with Gasteiger partial charge in [0, 0.05) is 0 Å².